The van der Waals surface area contributed by atoms with E-state index in [0.29, 0.717) is 0 Å². The van der Waals surface area contributed by atoms with Crippen LogP contribution >= 0.6 is 0 Å². The topological polar surface area (TPSA) is 237 Å². The lowest BCUT2D eigenvalue weighted by molar-refractivity contribution is -0.387. The smallest absolute Gasteiger partial charge is 0.326 e. The molecule has 0 unspecified atom stereocenters. The molecular formula is C19H24FN5O10. The summed E-state index contributed by atoms with van der Waals surface area (Å²) in [6.07, 6.45) is -0.460. The number of nitro groups is 1. The molecule has 4 amide bonds. The number of benzene rings is 1. The summed E-state index contributed by atoms with van der Waals surface area (Å²) in [5, 5.41) is 46.3. The molecule has 1 aromatic rings. The number of halogens is 1. The number of carboxylic acids is 3. The fourth-order valence-electron chi connectivity index (χ4n) is 2.72. The summed E-state index contributed by atoms with van der Waals surface area (Å²) >= 11 is 0. The number of carbonyl (C=O) groups excluding carboxylic acids is 2. The molecule has 0 aliphatic heterocycles. The van der Waals surface area contributed by atoms with E-state index in [-0.39, 0.29) is 31.5 Å². The number of urea groups is 2. The highest BCUT2D eigenvalue weighted by molar-refractivity contribution is 5.89. The van der Waals surface area contributed by atoms with Crippen LogP contribution in [0.3, 0.4) is 0 Å². The molecule has 1 aromatic carbocycles. The largest absolute Gasteiger partial charge is 0.481 e. The number of carboxylic acid groups (broad SMARTS) is 3. The van der Waals surface area contributed by atoms with E-state index in [1.807, 2.05) is 5.32 Å². The number of nitrogens with zero attached hydrogens (tertiary/aromatic N) is 1. The van der Waals surface area contributed by atoms with Crippen LogP contribution in [0.2, 0.25) is 0 Å². The summed E-state index contributed by atoms with van der Waals surface area (Å²) in [4.78, 5) is 66.4. The highest BCUT2D eigenvalue weighted by atomic mass is 18.2. The molecule has 0 heterocycles. The molecule has 0 aliphatic rings. The Morgan fingerprint density at radius 2 is 1.54 bits per heavy atom. The third kappa shape index (κ3) is 10.8. The molecule has 0 saturated carbocycles. The van der Waals surface area contributed by atoms with Crippen LogP contribution in [-0.2, 0) is 14.4 Å². The first-order valence-electron chi connectivity index (χ1n) is 10.1. The predicted molar refractivity (Wildman–Crippen MR) is 115 cm³/mol. The monoisotopic (exact) mass is 500 g/mol. The molecule has 0 bridgehead atoms. The third-order valence-electron chi connectivity index (χ3n) is 4.46. The van der Waals surface area contributed by atoms with Gasteiger partial charge >= 0.3 is 35.7 Å². The number of anilines is 1. The van der Waals surface area contributed by atoms with Crippen LogP contribution in [0.15, 0.2) is 18.2 Å². The summed E-state index contributed by atoms with van der Waals surface area (Å²) in [6.45, 7) is 0.0795. The van der Waals surface area contributed by atoms with Crippen molar-refractivity contribution in [3.05, 3.63) is 34.1 Å². The Morgan fingerprint density at radius 1 is 0.943 bits per heavy atom. The fourth-order valence-corrected chi connectivity index (χ4v) is 2.72. The molecule has 15 nitrogen and oxygen atoms in total. The Balaban J connectivity index is 2.42. The van der Waals surface area contributed by atoms with Crippen LogP contribution < -0.4 is 21.3 Å². The lowest BCUT2D eigenvalue weighted by Crippen LogP contribution is -2.51. The average molecular weight is 500 g/mol. The number of rotatable bonds is 14. The van der Waals surface area contributed by atoms with E-state index >= 15 is 0 Å². The molecule has 35 heavy (non-hydrogen) atoms. The van der Waals surface area contributed by atoms with Crippen molar-refractivity contribution < 1.29 is 48.6 Å². The molecular weight excluding hydrogens is 476 g/mol. The second-order valence-corrected chi connectivity index (χ2v) is 7.13. The number of carbonyl (C=O) groups is 5. The molecule has 0 fully saturated rings. The Labute approximate surface area is 196 Å². The van der Waals surface area contributed by atoms with Crippen LogP contribution in [0.1, 0.15) is 32.1 Å². The standard InChI is InChI=1S/C19H24FN5O10/c20-11-9-10(4-6-14(11)25(34)35)22-18(32)21-8-2-1-3-12(16(28)29)23-19(33)24-13(17(30)31)5-7-15(26)27/h4,6,9,12-13H,1-3,5,7-8H2,(H,26,27)(H,28,29)(H,30,31)(H2,21,22,32)(H2,23,24,33)/t12-,13-/m0/s1/i20-1. The van der Waals surface area contributed by atoms with Crippen molar-refractivity contribution in [3.63, 3.8) is 0 Å². The lowest BCUT2D eigenvalue weighted by Gasteiger charge is -2.18. The molecule has 0 saturated heterocycles. The summed E-state index contributed by atoms with van der Waals surface area (Å²) in [5.74, 6) is -5.25. The highest BCUT2D eigenvalue weighted by Gasteiger charge is 2.24. The average Bonchev–Trinajstić information content (AvgIpc) is 2.74. The van der Waals surface area contributed by atoms with Gasteiger partial charge in [-0.15, -0.1) is 0 Å². The van der Waals surface area contributed by atoms with Crippen molar-refractivity contribution >= 4 is 41.3 Å². The number of hydrogen-bond donors (Lipinski definition) is 7. The van der Waals surface area contributed by atoms with Crippen molar-refractivity contribution in [3.8, 4) is 0 Å². The molecule has 192 valence electrons. The van der Waals surface area contributed by atoms with Gasteiger partial charge in [-0.05, 0) is 31.7 Å². The molecule has 1 rings (SSSR count). The molecule has 0 spiro atoms. The van der Waals surface area contributed by atoms with Gasteiger partial charge in [-0.2, -0.15) is 4.39 Å². The second kappa shape index (κ2) is 13.9. The maximum Gasteiger partial charge on any atom is 0.326 e. The third-order valence-corrected chi connectivity index (χ3v) is 4.46. The first-order chi connectivity index (χ1) is 16.4. The molecule has 2 atom stereocenters. The minimum Gasteiger partial charge on any atom is -0.481 e. The first-order valence-corrected chi connectivity index (χ1v) is 10.1. The Hall–Kier alpha value is -4.50. The number of amides is 4. The molecule has 0 aliphatic carbocycles. The van der Waals surface area contributed by atoms with Gasteiger partial charge in [0.25, 0.3) is 0 Å². The summed E-state index contributed by atoms with van der Waals surface area (Å²) in [6, 6.07) is -1.90. The first kappa shape index (κ1) is 28.5. The van der Waals surface area contributed by atoms with Gasteiger partial charge in [0.05, 0.1) is 4.92 Å². The maximum atomic E-state index is 13.6. The number of nitrogens with one attached hydrogen (secondary N) is 4. The number of aliphatic carboxylic acids is 3. The van der Waals surface area contributed by atoms with Gasteiger partial charge in [0.2, 0.25) is 5.82 Å². The van der Waals surface area contributed by atoms with Crippen LogP contribution in [0, 0.1) is 15.9 Å². The lowest BCUT2D eigenvalue weighted by atomic mass is 10.1. The van der Waals surface area contributed by atoms with Crippen LogP contribution in [0.4, 0.5) is 25.4 Å². The van der Waals surface area contributed by atoms with E-state index in [2.05, 4.69) is 16.0 Å². The summed E-state index contributed by atoms with van der Waals surface area (Å²) < 4.78 is 13.6. The van der Waals surface area contributed by atoms with E-state index < -0.39 is 71.3 Å². The van der Waals surface area contributed by atoms with Gasteiger partial charge < -0.3 is 36.6 Å². The zero-order valence-electron chi connectivity index (χ0n) is 18.2. The van der Waals surface area contributed by atoms with Crippen LogP contribution in [0.25, 0.3) is 0 Å². The maximum absolute atomic E-state index is 13.6. The van der Waals surface area contributed by atoms with Crippen molar-refractivity contribution in [2.24, 2.45) is 0 Å². The fraction of sp³-hybridized carbons (Fsp3) is 0.421. The normalized spacial score (nSPS) is 12.0. The van der Waals surface area contributed by atoms with Gasteiger partial charge in [-0.1, -0.05) is 0 Å². The van der Waals surface area contributed by atoms with Crippen LogP contribution in [0.5, 0.6) is 0 Å². The Morgan fingerprint density at radius 3 is 2.06 bits per heavy atom. The van der Waals surface area contributed by atoms with Crippen LogP contribution in [-0.4, -0.2) is 68.8 Å². The van der Waals surface area contributed by atoms with Crippen molar-refractivity contribution in [2.75, 3.05) is 11.9 Å². The van der Waals surface area contributed by atoms with E-state index in [4.69, 9.17) is 10.2 Å². The molecule has 16 heteroatoms. The zero-order valence-corrected chi connectivity index (χ0v) is 18.2. The summed E-state index contributed by atoms with van der Waals surface area (Å²) in [5.41, 5.74) is -0.764. The zero-order chi connectivity index (χ0) is 26.5. The number of hydrogen-bond acceptors (Lipinski definition) is 7. The van der Waals surface area contributed by atoms with E-state index in [9.17, 15) is 43.6 Å². The van der Waals surface area contributed by atoms with Crippen molar-refractivity contribution in [2.45, 2.75) is 44.2 Å². The molecule has 0 radical (unpaired) electrons. The highest BCUT2D eigenvalue weighted by Crippen LogP contribution is 2.20. The molecule has 0 aromatic heterocycles. The van der Waals surface area contributed by atoms with Crippen molar-refractivity contribution in [1.82, 2.24) is 16.0 Å². The van der Waals surface area contributed by atoms with E-state index in [1.54, 1.807) is 0 Å². The van der Waals surface area contributed by atoms with Gasteiger partial charge in [-0.25, -0.2) is 19.2 Å². The van der Waals surface area contributed by atoms with E-state index in [1.165, 1.54) is 0 Å². The van der Waals surface area contributed by atoms with Gasteiger partial charge in [0.15, 0.2) is 0 Å². The second-order valence-electron chi connectivity index (χ2n) is 7.13. The predicted octanol–water partition coefficient (Wildman–Crippen LogP) is 1.10. The van der Waals surface area contributed by atoms with Gasteiger partial charge in [-0.3, -0.25) is 14.9 Å². The Kier molecular flexibility index (Phi) is 11.3. The minimum absolute atomic E-state index is 0.0187. The quantitative estimate of drug-likeness (QED) is 0.109. The Bertz CT molecular complexity index is 973. The van der Waals surface area contributed by atoms with Gasteiger partial charge in [0.1, 0.15) is 12.1 Å². The molecule has 7 N–H and O–H groups in total. The number of unbranched alkanes of at least 4 members (excludes halogenated alkanes) is 1. The SMILES string of the molecule is O=C(O)CC[C@H](NC(=O)N[C@@H](CCCCNC(=O)Nc1ccc([N+](=O)[O-])c([18F])c1)C(=O)O)C(=O)O. The number of nitro benzene ring substituents is 1. The minimum atomic E-state index is -1.52. The van der Waals surface area contributed by atoms with E-state index in [0.717, 1.165) is 18.2 Å². The summed E-state index contributed by atoms with van der Waals surface area (Å²) in [7, 11) is 0. The van der Waals surface area contributed by atoms with Crippen molar-refractivity contribution in [1.29, 1.82) is 0 Å². The van der Waals surface area contributed by atoms with Gasteiger partial charge in [0, 0.05) is 30.8 Å².